The van der Waals surface area contributed by atoms with Crippen molar-refractivity contribution in [2.24, 2.45) is 5.73 Å². The number of nitrogens with zero attached hydrogens (tertiary/aromatic N) is 1. The highest BCUT2D eigenvalue weighted by atomic mass is 32.1. The Morgan fingerprint density at radius 3 is 2.61 bits per heavy atom. The molecule has 0 unspecified atom stereocenters. The normalized spacial score (nSPS) is 10.5. The molecule has 0 aliphatic heterocycles. The predicted molar refractivity (Wildman–Crippen MR) is 109 cm³/mol. The van der Waals surface area contributed by atoms with Gasteiger partial charge in [-0.05, 0) is 30.7 Å². The topological polar surface area (TPSA) is 103 Å². The monoisotopic (exact) mass is 397 g/mol. The van der Waals surface area contributed by atoms with Gasteiger partial charge in [0, 0.05) is 11.1 Å². The number of thiophene rings is 1. The molecule has 0 radical (unpaired) electrons. The molecular weight excluding hydrogens is 378 g/mol. The first-order valence-electron chi connectivity index (χ1n) is 8.60. The quantitative estimate of drug-likeness (QED) is 0.640. The largest absolute Gasteiger partial charge is 0.488 e. The van der Waals surface area contributed by atoms with Crippen molar-refractivity contribution in [3.05, 3.63) is 70.6 Å². The molecule has 0 spiro atoms. The van der Waals surface area contributed by atoms with Crippen molar-refractivity contribution in [2.45, 2.75) is 13.5 Å². The number of nitrogens with two attached hydrogens (primary N) is 1. The fourth-order valence-corrected chi connectivity index (χ4v) is 3.72. The van der Waals surface area contributed by atoms with E-state index in [-0.39, 0.29) is 17.9 Å². The zero-order valence-corrected chi connectivity index (χ0v) is 16.0. The zero-order valence-electron chi connectivity index (χ0n) is 15.2. The summed E-state index contributed by atoms with van der Waals surface area (Å²) >= 11 is 1.25. The molecule has 0 fully saturated rings. The number of amides is 2. The zero-order chi connectivity index (χ0) is 20.1. The summed E-state index contributed by atoms with van der Waals surface area (Å²) in [6.45, 7) is 1.91. The van der Waals surface area contributed by atoms with Gasteiger partial charge in [-0.1, -0.05) is 30.3 Å². The molecular formula is C20H19N3O4S. The van der Waals surface area contributed by atoms with E-state index in [0.717, 1.165) is 10.4 Å². The number of pyridine rings is 1. The fraction of sp³-hybridized carbons (Fsp3) is 0.150. The first-order chi connectivity index (χ1) is 13.5. The number of ether oxygens (including phenoxy) is 1. The van der Waals surface area contributed by atoms with Gasteiger partial charge in [0.05, 0.1) is 12.2 Å². The van der Waals surface area contributed by atoms with Crippen LogP contribution < -0.4 is 21.3 Å². The van der Waals surface area contributed by atoms with Crippen LogP contribution in [0.2, 0.25) is 0 Å². The number of carbonyl (C=O) groups excluding carboxylic acids is 2. The van der Waals surface area contributed by atoms with Crippen molar-refractivity contribution >= 4 is 28.2 Å². The van der Waals surface area contributed by atoms with Gasteiger partial charge < -0.3 is 20.4 Å². The number of hydrogen-bond acceptors (Lipinski definition) is 5. The molecule has 8 heteroatoms. The van der Waals surface area contributed by atoms with Crippen molar-refractivity contribution in [2.75, 3.05) is 11.9 Å². The Kier molecular flexibility index (Phi) is 5.90. The van der Waals surface area contributed by atoms with E-state index >= 15 is 0 Å². The molecule has 28 heavy (non-hydrogen) atoms. The molecule has 0 saturated carbocycles. The first kappa shape index (κ1) is 19.4. The van der Waals surface area contributed by atoms with Crippen LogP contribution in [-0.2, 0) is 11.3 Å². The third-order valence-electron chi connectivity index (χ3n) is 3.91. The van der Waals surface area contributed by atoms with E-state index in [0.29, 0.717) is 11.6 Å². The van der Waals surface area contributed by atoms with Crippen LogP contribution in [0.5, 0.6) is 5.75 Å². The SMILES string of the molecule is CCOc1cccn(CC(=O)Nc2sc(-c3ccccc3)cc2C(N)=O)c1=O. The number of benzene rings is 1. The summed E-state index contributed by atoms with van der Waals surface area (Å²) in [5, 5.41) is 3.04. The van der Waals surface area contributed by atoms with Crippen LogP contribution in [0.1, 0.15) is 17.3 Å². The van der Waals surface area contributed by atoms with Crippen molar-refractivity contribution in [1.29, 1.82) is 0 Å². The standard InChI is InChI=1S/C20H19N3O4S/c1-2-27-15-9-6-10-23(20(15)26)12-17(24)22-19-14(18(21)25)11-16(28-19)13-7-4-3-5-8-13/h3-11H,2,12H2,1H3,(H2,21,25)(H,22,24). The summed E-state index contributed by atoms with van der Waals surface area (Å²) in [6, 6.07) is 14.3. The summed E-state index contributed by atoms with van der Waals surface area (Å²) < 4.78 is 6.50. The van der Waals surface area contributed by atoms with Gasteiger partial charge in [-0.15, -0.1) is 11.3 Å². The van der Waals surface area contributed by atoms with E-state index in [1.807, 2.05) is 30.3 Å². The maximum absolute atomic E-state index is 12.5. The Morgan fingerprint density at radius 1 is 1.18 bits per heavy atom. The Bertz CT molecular complexity index is 1060. The van der Waals surface area contributed by atoms with Crippen molar-refractivity contribution < 1.29 is 14.3 Å². The molecule has 7 nitrogen and oxygen atoms in total. The molecule has 2 amide bonds. The molecule has 2 heterocycles. The van der Waals surface area contributed by atoms with Gasteiger partial charge >= 0.3 is 0 Å². The number of anilines is 1. The highest BCUT2D eigenvalue weighted by Crippen LogP contribution is 2.35. The van der Waals surface area contributed by atoms with Gasteiger partial charge in [0.15, 0.2) is 5.75 Å². The van der Waals surface area contributed by atoms with Crippen LogP contribution >= 0.6 is 11.3 Å². The summed E-state index contributed by atoms with van der Waals surface area (Å²) in [7, 11) is 0. The maximum Gasteiger partial charge on any atom is 0.293 e. The molecule has 144 valence electrons. The molecule has 0 aliphatic rings. The lowest BCUT2D eigenvalue weighted by Gasteiger charge is -2.09. The van der Waals surface area contributed by atoms with E-state index in [1.165, 1.54) is 22.1 Å². The average molecular weight is 397 g/mol. The average Bonchev–Trinajstić information content (AvgIpc) is 3.10. The minimum atomic E-state index is -0.635. The van der Waals surface area contributed by atoms with Gasteiger partial charge in [-0.3, -0.25) is 14.4 Å². The van der Waals surface area contributed by atoms with Crippen LogP contribution in [0.3, 0.4) is 0 Å². The Hall–Kier alpha value is -3.39. The van der Waals surface area contributed by atoms with E-state index in [1.54, 1.807) is 25.1 Å². The number of primary amides is 1. The predicted octanol–water partition coefficient (Wildman–Crippen LogP) is 2.71. The van der Waals surface area contributed by atoms with Crippen LogP contribution in [0.15, 0.2) is 59.5 Å². The second-order valence-electron chi connectivity index (χ2n) is 5.87. The molecule has 0 saturated heterocycles. The number of hydrogen-bond donors (Lipinski definition) is 2. The van der Waals surface area contributed by atoms with E-state index in [9.17, 15) is 14.4 Å². The fourth-order valence-electron chi connectivity index (χ4n) is 2.64. The number of carbonyl (C=O) groups is 2. The molecule has 0 aliphatic carbocycles. The van der Waals surface area contributed by atoms with Gasteiger partial charge in [0.25, 0.3) is 11.5 Å². The van der Waals surface area contributed by atoms with Crippen molar-refractivity contribution in [1.82, 2.24) is 4.57 Å². The highest BCUT2D eigenvalue weighted by molar-refractivity contribution is 7.20. The summed E-state index contributed by atoms with van der Waals surface area (Å²) in [5.41, 5.74) is 6.20. The first-order valence-corrected chi connectivity index (χ1v) is 9.42. The lowest BCUT2D eigenvalue weighted by Crippen LogP contribution is -2.28. The number of aromatic nitrogens is 1. The summed E-state index contributed by atoms with van der Waals surface area (Å²) in [4.78, 5) is 37.4. The molecule has 3 rings (SSSR count). The second-order valence-corrected chi connectivity index (χ2v) is 6.92. The van der Waals surface area contributed by atoms with E-state index in [4.69, 9.17) is 10.5 Å². The lowest BCUT2D eigenvalue weighted by atomic mass is 10.1. The molecule has 3 aromatic rings. The Morgan fingerprint density at radius 2 is 1.93 bits per heavy atom. The van der Waals surface area contributed by atoms with Crippen LogP contribution in [-0.4, -0.2) is 23.0 Å². The van der Waals surface area contributed by atoms with Crippen molar-refractivity contribution in [3.63, 3.8) is 0 Å². The van der Waals surface area contributed by atoms with E-state index in [2.05, 4.69) is 5.32 Å². The Balaban J connectivity index is 1.83. The lowest BCUT2D eigenvalue weighted by molar-refractivity contribution is -0.116. The minimum absolute atomic E-state index is 0.179. The number of nitrogens with one attached hydrogen (secondary N) is 1. The molecule has 0 bridgehead atoms. The minimum Gasteiger partial charge on any atom is -0.488 e. The van der Waals surface area contributed by atoms with Crippen molar-refractivity contribution in [3.8, 4) is 16.2 Å². The van der Waals surface area contributed by atoms with Crippen LogP contribution in [0, 0.1) is 0 Å². The molecule has 3 N–H and O–H groups in total. The van der Waals surface area contributed by atoms with E-state index < -0.39 is 17.4 Å². The second kappa shape index (κ2) is 8.53. The third-order valence-corrected chi connectivity index (χ3v) is 5.01. The van der Waals surface area contributed by atoms with Crippen LogP contribution in [0.25, 0.3) is 10.4 Å². The number of rotatable bonds is 7. The van der Waals surface area contributed by atoms with Gasteiger partial charge in [0.1, 0.15) is 11.5 Å². The smallest absolute Gasteiger partial charge is 0.293 e. The molecule has 2 aromatic heterocycles. The van der Waals surface area contributed by atoms with Gasteiger partial charge in [-0.2, -0.15) is 0 Å². The maximum atomic E-state index is 12.5. The summed E-state index contributed by atoms with van der Waals surface area (Å²) in [5.74, 6) is -0.901. The van der Waals surface area contributed by atoms with Gasteiger partial charge in [0.2, 0.25) is 5.91 Å². The highest BCUT2D eigenvalue weighted by Gasteiger charge is 2.17. The molecule has 1 aromatic carbocycles. The van der Waals surface area contributed by atoms with Gasteiger partial charge in [-0.25, -0.2) is 0 Å². The summed E-state index contributed by atoms with van der Waals surface area (Å²) in [6.07, 6.45) is 1.50. The Labute approximate surface area is 165 Å². The molecule has 0 atom stereocenters. The van der Waals surface area contributed by atoms with Crippen LogP contribution in [0.4, 0.5) is 5.00 Å². The third kappa shape index (κ3) is 4.29.